The average Bonchev–Trinajstić information content (AvgIpc) is 3.01. The van der Waals surface area contributed by atoms with Gasteiger partial charge in [-0.1, -0.05) is 41.4 Å². The third-order valence-electron chi connectivity index (χ3n) is 3.84. The van der Waals surface area contributed by atoms with Crippen LogP contribution in [0.4, 0.5) is 11.4 Å². The Kier molecular flexibility index (Phi) is 4.57. The standard InChI is InChI=1S/C17H18Cl2N2/c18-14-7-8-16(15(19)11-14)20-12-13-5-1-2-6-17(13)21-9-3-4-10-21/h1-2,5-8,11,20H,3-4,9-10,12H2. The predicted molar refractivity (Wildman–Crippen MR) is 91.7 cm³/mol. The van der Waals surface area contributed by atoms with Crippen molar-refractivity contribution < 1.29 is 0 Å². The van der Waals surface area contributed by atoms with Crippen LogP contribution in [0.1, 0.15) is 18.4 Å². The molecule has 21 heavy (non-hydrogen) atoms. The lowest BCUT2D eigenvalue weighted by atomic mass is 10.1. The minimum Gasteiger partial charge on any atom is -0.380 e. The van der Waals surface area contributed by atoms with Gasteiger partial charge in [-0.15, -0.1) is 0 Å². The van der Waals surface area contributed by atoms with Crippen molar-refractivity contribution in [2.24, 2.45) is 0 Å². The van der Waals surface area contributed by atoms with Crippen molar-refractivity contribution >= 4 is 34.6 Å². The molecule has 2 nitrogen and oxygen atoms in total. The maximum atomic E-state index is 6.21. The van der Waals surface area contributed by atoms with E-state index in [2.05, 4.69) is 34.5 Å². The summed E-state index contributed by atoms with van der Waals surface area (Å²) in [5, 5.41) is 4.71. The van der Waals surface area contributed by atoms with E-state index in [0.717, 1.165) is 25.3 Å². The van der Waals surface area contributed by atoms with Crippen molar-refractivity contribution in [1.29, 1.82) is 0 Å². The van der Waals surface area contributed by atoms with Crippen LogP contribution in [0.2, 0.25) is 10.0 Å². The molecule has 1 aliphatic rings. The van der Waals surface area contributed by atoms with Gasteiger partial charge in [0.05, 0.1) is 10.7 Å². The van der Waals surface area contributed by atoms with E-state index in [1.54, 1.807) is 6.07 Å². The number of benzene rings is 2. The molecular formula is C17H18Cl2N2. The Morgan fingerprint density at radius 2 is 1.76 bits per heavy atom. The van der Waals surface area contributed by atoms with Crippen LogP contribution in [0, 0.1) is 0 Å². The monoisotopic (exact) mass is 320 g/mol. The van der Waals surface area contributed by atoms with E-state index < -0.39 is 0 Å². The molecule has 1 fully saturated rings. The molecule has 2 aromatic rings. The topological polar surface area (TPSA) is 15.3 Å². The molecule has 0 unspecified atom stereocenters. The molecule has 0 saturated carbocycles. The molecule has 0 aromatic heterocycles. The normalized spacial score (nSPS) is 14.5. The summed E-state index contributed by atoms with van der Waals surface area (Å²) in [5.41, 5.74) is 3.54. The molecule has 0 atom stereocenters. The van der Waals surface area contributed by atoms with Gasteiger partial charge < -0.3 is 10.2 Å². The third-order valence-corrected chi connectivity index (χ3v) is 4.39. The Bertz CT molecular complexity index is 622. The van der Waals surface area contributed by atoms with Gasteiger partial charge in [0.1, 0.15) is 0 Å². The Hall–Kier alpha value is -1.38. The molecule has 0 radical (unpaired) electrons. The summed E-state index contributed by atoms with van der Waals surface area (Å²) in [6.07, 6.45) is 2.57. The van der Waals surface area contributed by atoms with Gasteiger partial charge in [0, 0.05) is 30.3 Å². The zero-order valence-corrected chi connectivity index (χ0v) is 13.3. The van der Waals surface area contributed by atoms with Crippen molar-refractivity contribution in [3.05, 3.63) is 58.1 Å². The minimum atomic E-state index is 0.654. The van der Waals surface area contributed by atoms with Crippen LogP contribution >= 0.6 is 23.2 Å². The van der Waals surface area contributed by atoms with Gasteiger partial charge in [-0.2, -0.15) is 0 Å². The van der Waals surface area contributed by atoms with Crippen LogP contribution in [0.3, 0.4) is 0 Å². The molecular weight excluding hydrogens is 303 g/mol. The second-order valence-corrected chi connectivity index (χ2v) is 6.14. The molecule has 110 valence electrons. The maximum absolute atomic E-state index is 6.21. The fourth-order valence-corrected chi connectivity index (χ4v) is 3.23. The molecule has 0 bridgehead atoms. The van der Waals surface area contributed by atoms with Gasteiger partial charge in [0.25, 0.3) is 0 Å². The number of hydrogen-bond acceptors (Lipinski definition) is 2. The SMILES string of the molecule is Clc1ccc(NCc2ccccc2N2CCCC2)c(Cl)c1. The van der Waals surface area contributed by atoms with E-state index in [-0.39, 0.29) is 0 Å². The molecule has 2 aromatic carbocycles. The maximum Gasteiger partial charge on any atom is 0.0652 e. The number of nitrogens with zero attached hydrogens (tertiary/aromatic N) is 1. The summed E-state index contributed by atoms with van der Waals surface area (Å²) in [6.45, 7) is 3.06. The van der Waals surface area contributed by atoms with Crippen molar-refractivity contribution in [2.75, 3.05) is 23.3 Å². The summed E-state index contributed by atoms with van der Waals surface area (Å²) < 4.78 is 0. The smallest absolute Gasteiger partial charge is 0.0652 e. The molecule has 1 N–H and O–H groups in total. The molecule has 1 aliphatic heterocycles. The van der Waals surface area contributed by atoms with Crippen LogP contribution in [0.15, 0.2) is 42.5 Å². The molecule has 0 amide bonds. The van der Waals surface area contributed by atoms with Crippen LogP contribution in [0.25, 0.3) is 0 Å². The lowest BCUT2D eigenvalue weighted by molar-refractivity contribution is 0.949. The Morgan fingerprint density at radius 3 is 2.52 bits per heavy atom. The fourth-order valence-electron chi connectivity index (χ4n) is 2.75. The lowest BCUT2D eigenvalue weighted by Crippen LogP contribution is -2.19. The molecule has 1 saturated heterocycles. The van der Waals surface area contributed by atoms with E-state index in [1.165, 1.54) is 24.1 Å². The summed E-state index contributed by atoms with van der Waals surface area (Å²) in [7, 11) is 0. The number of anilines is 2. The summed E-state index contributed by atoms with van der Waals surface area (Å²) in [5.74, 6) is 0. The van der Waals surface area contributed by atoms with Gasteiger partial charge in [-0.3, -0.25) is 0 Å². The Labute approximate surface area is 135 Å². The highest BCUT2D eigenvalue weighted by Crippen LogP contribution is 2.28. The van der Waals surface area contributed by atoms with Crippen molar-refractivity contribution in [3.63, 3.8) is 0 Å². The van der Waals surface area contributed by atoms with Gasteiger partial charge in [-0.25, -0.2) is 0 Å². The first kappa shape index (κ1) is 14.6. The zero-order chi connectivity index (χ0) is 14.7. The van der Waals surface area contributed by atoms with E-state index in [0.29, 0.717) is 10.0 Å². The number of rotatable bonds is 4. The second kappa shape index (κ2) is 6.59. The molecule has 3 rings (SSSR count). The number of halogens is 2. The predicted octanol–water partition coefficient (Wildman–Crippen LogP) is 5.21. The fraction of sp³-hybridized carbons (Fsp3) is 0.294. The zero-order valence-electron chi connectivity index (χ0n) is 11.8. The quantitative estimate of drug-likeness (QED) is 0.832. The Morgan fingerprint density at radius 1 is 1.00 bits per heavy atom. The minimum absolute atomic E-state index is 0.654. The van der Waals surface area contributed by atoms with Gasteiger partial charge in [0.2, 0.25) is 0 Å². The first-order valence-electron chi connectivity index (χ1n) is 7.26. The van der Waals surface area contributed by atoms with Gasteiger partial charge >= 0.3 is 0 Å². The molecule has 0 aliphatic carbocycles. The highest BCUT2D eigenvalue weighted by Gasteiger charge is 2.15. The van der Waals surface area contributed by atoms with Crippen molar-refractivity contribution in [3.8, 4) is 0 Å². The first-order valence-corrected chi connectivity index (χ1v) is 8.01. The molecule has 4 heteroatoms. The van der Waals surface area contributed by atoms with E-state index in [4.69, 9.17) is 23.2 Å². The number of nitrogens with one attached hydrogen (secondary N) is 1. The van der Waals surface area contributed by atoms with Gasteiger partial charge in [-0.05, 0) is 42.7 Å². The molecule has 0 spiro atoms. The number of hydrogen-bond donors (Lipinski definition) is 1. The van der Waals surface area contributed by atoms with Gasteiger partial charge in [0.15, 0.2) is 0 Å². The van der Waals surface area contributed by atoms with E-state index >= 15 is 0 Å². The average molecular weight is 321 g/mol. The highest BCUT2D eigenvalue weighted by molar-refractivity contribution is 6.36. The van der Waals surface area contributed by atoms with Crippen LogP contribution in [0.5, 0.6) is 0 Å². The lowest BCUT2D eigenvalue weighted by Gasteiger charge is -2.22. The summed E-state index contributed by atoms with van der Waals surface area (Å²) in [6, 6.07) is 14.1. The molecule has 1 heterocycles. The van der Waals surface area contributed by atoms with Crippen molar-refractivity contribution in [2.45, 2.75) is 19.4 Å². The van der Waals surface area contributed by atoms with Crippen LogP contribution < -0.4 is 10.2 Å². The van der Waals surface area contributed by atoms with Crippen LogP contribution in [-0.2, 0) is 6.54 Å². The van der Waals surface area contributed by atoms with Crippen molar-refractivity contribution in [1.82, 2.24) is 0 Å². The number of para-hydroxylation sites is 1. The third kappa shape index (κ3) is 3.45. The summed E-state index contributed by atoms with van der Waals surface area (Å²) in [4.78, 5) is 2.46. The Balaban J connectivity index is 1.75. The summed E-state index contributed by atoms with van der Waals surface area (Å²) >= 11 is 12.1. The van der Waals surface area contributed by atoms with E-state index in [1.807, 2.05) is 12.1 Å². The van der Waals surface area contributed by atoms with E-state index in [9.17, 15) is 0 Å². The largest absolute Gasteiger partial charge is 0.380 e. The first-order chi connectivity index (χ1) is 10.2. The second-order valence-electron chi connectivity index (χ2n) is 5.30. The highest BCUT2D eigenvalue weighted by atomic mass is 35.5. The van der Waals surface area contributed by atoms with Crippen LogP contribution in [-0.4, -0.2) is 13.1 Å².